The monoisotopic (exact) mass is 392 g/mol. The smallest absolute Gasteiger partial charge is 0.194 e. The highest BCUT2D eigenvalue weighted by molar-refractivity contribution is 9.11. The van der Waals surface area contributed by atoms with Crippen molar-refractivity contribution in [1.82, 2.24) is 0 Å². The maximum Gasteiger partial charge on any atom is 0.194 e. The molecule has 0 heterocycles. The molecule has 1 aliphatic carbocycles. The highest BCUT2D eigenvalue weighted by Gasteiger charge is 2.25. The zero-order valence-corrected chi connectivity index (χ0v) is 14.1. The molecule has 0 saturated heterocycles. The molecule has 102 valence electrons. The lowest BCUT2D eigenvalue weighted by Crippen LogP contribution is -2.14. The van der Waals surface area contributed by atoms with Crippen molar-refractivity contribution >= 4 is 37.6 Å². The van der Waals surface area contributed by atoms with Crippen LogP contribution in [-0.2, 0) is 0 Å². The first-order valence-electron chi connectivity index (χ1n) is 6.75. The second-order valence-corrected chi connectivity index (χ2v) is 6.94. The van der Waals surface area contributed by atoms with E-state index in [2.05, 4.69) is 37.9 Å². The van der Waals surface area contributed by atoms with Crippen molar-refractivity contribution in [2.24, 2.45) is 0 Å². The molecule has 0 bridgehead atoms. The molecule has 1 fully saturated rings. The summed E-state index contributed by atoms with van der Waals surface area (Å²) < 4.78 is 1.80. The molecule has 0 N–H and O–H groups in total. The molecular formula is C17H14Br2O. The highest BCUT2D eigenvalue weighted by Crippen LogP contribution is 2.38. The zero-order valence-electron chi connectivity index (χ0n) is 10.9. The first-order chi connectivity index (χ1) is 9.66. The highest BCUT2D eigenvalue weighted by atomic mass is 79.9. The van der Waals surface area contributed by atoms with Crippen molar-refractivity contribution < 1.29 is 4.79 Å². The van der Waals surface area contributed by atoms with E-state index in [4.69, 9.17) is 0 Å². The third-order valence-corrected chi connectivity index (χ3v) is 5.08. The molecule has 3 heteroatoms. The average Bonchev–Trinajstić information content (AvgIpc) is 2.37. The van der Waals surface area contributed by atoms with E-state index < -0.39 is 0 Å². The summed E-state index contributed by atoms with van der Waals surface area (Å²) in [5.41, 5.74) is 2.78. The van der Waals surface area contributed by atoms with Crippen LogP contribution in [0.5, 0.6) is 0 Å². The van der Waals surface area contributed by atoms with Crippen molar-refractivity contribution in [1.29, 1.82) is 0 Å². The Morgan fingerprint density at radius 1 is 1.00 bits per heavy atom. The van der Waals surface area contributed by atoms with Crippen LogP contribution < -0.4 is 0 Å². The van der Waals surface area contributed by atoms with Crippen LogP contribution in [0.4, 0.5) is 0 Å². The molecule has 0 spiro atoms. The average molecular weight is 394 g/mol. The minimum absolute atomic E-state index is 0.104. The topological polar surface area (TPSA) is 17.1 Å². The molecule has 0 amide bonds. The molecule has 3 rings (SSSR count). The quantitative estimate of drug-likeness (QED) is 0.610. The molecule has 2 aromatic rings. The first kappa shape index (κ1) is 14.0. The Hall–Kier alpha value is -0.930. The van der Waals surface area contributed by atoms with Gasteiger partial charge in [0.25, 0.3) is 0 Å². The predicted molar refractivity (Wildman–Crippen MR) is 88.3 cm³/mol. The molecule has 0 aromatic heterocycles. The van der Waals surface area contributed by atoms with E-state index in [1.165, 1.54) is 24.8 Å². The number of hydrogen-bond donors (Lipinski definition) is 0. The van der Waals surface area contributed by atoms with Gasteiger partial charge in [0.1, 0.15) is 0 Å². The van der Waals surface area contributed by atoms with Gasteiger partial charge in [-0.05, 0) is 58.5 Å². The van der Waals surface area contributed by atoms with Gasteiger partial charge < -0.3 is 0 Å². The van der Waals surface area contributed by atoms with Gasteiger partial charge in [-0.3, -0.25) is 4.79 Å². The number of hydrogen-bond acceptors (Lipinski definition) is 1. The fourth-order valence-corrected chi connectivity index (χ4v) is 3.82. The number of ketones is 1. The third-order valence-electron chi connectivity index (χ3n) is 3.93. The molecule has 0 radical (unpaired) electrons. The van der Waals surface area contributed by atoms with Gasteiger partial charge in [-0.1, -0.05) is 46.6 Å². The SMILES string of the molecule is O=C(c1ccc(Br)cc1Br)c1ccccc1C1CCC1. The summed E-state index contributed by atoms with van der Waals surface area (Å²) >= 11 is 6.91. The summed E-state index contributed by atoms with van der Waals surface area (Å²) in [5.74, 6) is 0.663. The van der Waals surface area contributed by atoms with Gasteiger partial charge in [0.15, 0.2) is 5.78 Å². The largest absolute Gasteiger partial charge is 0.289 e. The number of halogens is 2. The van der Waals surface area contributed by atoms with Gasteiger partial charge in [0.2, 0.25) is 0 Å². The van der Waals surface area contributed by atoms with E-state index in [9.17, 15) is 4.79 Å². The summed E-state index contributed by atoms with van der Waals surface area (Å²) in [5, 5.41) is 0. The maximum absolute atomic E-state index is 12.8. The summed E-state index contributed by atoms with van der Waals surface area (Å²) in [6, 6.07) is 13.7. The summed E-state index contributed by atoms with van der Waals surface area (Å²) in [4.78, 5) is 12.8. The van der Waals surface area contributed by atoms with E-state index >= 15 is 0 Å². The van der Waals surface area contributed by atoms with Crippen molar-refractivity contribution in [3.05, 3.63) is 68.1 Å². The molecule has 0 unspecified atom stereocenters. The Kier molecular flexibility index (Phi) is 4.08. The Morgan fingerprint density at radius 3 is 2.40 bits per heavy atom. The lowest BCUT2D eigenvalue weighted by molar-refractivity contribution is 0.103. The van der Waals surface area contributed by atoms with Crippen LogP contribution in [-0.4, -0.2) is 5.78 Å². The fraction of sp³-hybridized carbons (Fsp3) is 0.235. The van der Waals surface area contributed by atoms with Crippen molar-refractivity contribution in [2.45, 2.75) is 25.2 Å². The molecule has 0 aliphatic heterocycles. The summed E-state index contributed by atoms with van der Waals surface area (Å²) in [6.07, 6.45) is 3.67. The molecule has 2 aromatic carbocycles. The maximum atomic E-state index is 12.8. The minimum Gasteiger partial charge on any atom is -0.289 e. The van der Waals surface area contributed by atoms with E-state index in [0.717, 1.165) is 20.1 Å². The van der Waals surface area contributed by atoms with Crippen LogP contribution in [0, 0.1) is 0 Å². The van der Waals surface area contributed by atoms with E-state index in [1.807, 2.05) is 36.4 Å². The first-order valence-corrected chi connectivity index (χ1v) is 8.34. The Bertz CT molecular complexity index is 660. The van der Waals surface area contributed by atoms with Crippen molar-refractivity contribution in [3.8, 4) is 0 Å². The Balaban J connectivity index is 2.02. The second-order valence-electron chi connectivity index (χ2n) is 5.17. The van der Waals surface area contributed by atoms with Crippen molar-refractivity contribution in [2.75, 3.05) is 0 Å². The summed E-state index contributed by atoms with van der Waals surface area (Å²) in [6.45, 7) is 0. The Labute approximate surface area is 135 Å². The van der Waals surface area contributed by atoms with E-state index in [-0.39, 0.29) is 5.78 Å². The molecule has 1 nitrogen and oxygen atoms in total. The molecule has 1 saturated carbocycles. The van der Waals surface area contributed by atoms with Crippen LogP contribution in [0.1, 0.15) is 46.7 Å². The van der Waals surface area contributed by atoms with Gasteiger partial charge in [0.05, 0.1) is 0 Å². The standard InChI is InChI=1S/C17H14Br2O/c18-12-8-9-15(16(19)10-12)17(20)14-7-2-1-6-13(14)11-4-3-5-11/h1-2,6-11H,3-5H2. The molecule has 0 atom stereocenters. The third kappa shape index (κ3) is 2.61. The number of carbonyl (C=O) groups excluding carboxylic acids is 1. The fourth-order valence-electron chi connectivity index (χ4n) is 2.60. The zero-order chi connectivity index (χ0) is 14.1. The number of carbonyl (C=O) groups is 1. The lowest BCUT2D eigenvalue weighted by Gasteiger charge is -2.27. The van der Waals surface area contributed by atoms with Gasteiger partial charge >= 0.3 is 0 Å². The molecule has 20 heavy (non-hydrogen) atoms. The van der Waals surface area contributed by atoms with Gasteiger partial charge in [0, 0.05) is 20.1 Å². The van der Waals surface area contributed by atoms with E-state index in [0.29, 0.717) is 5.92 Å². The number of rotatable bonds is 3. The van der Waals surface area contributed by atoms with Crippen LogP contribution >= 0.6 is 31.9 Å². The number of benzene rings is 2. The molecule has 1 aliphatic rings. The minimum atomic E-state index is 0.104. The van der Waals surface area contributed by atoms with Crippen LogP contribution in [0.2, 0.25) is 0 Å². The molecular weight excluding hydrogens is 380 g/mol. The van der Waals surface area contributed by atoms with Crippen LogP contribution in [0.3, 0.4) is 0 Å². The predicted octanol–water partition coefficient (Wildman–Crippen LogP) is 5.71. The normalized spacial score (nSPS) is 14.9. The van der Waals surface area contributed by atoms with Gasteiger partial charge in [-0.2, -0.15) is 0 Å². The second kappa shape index (κ2) is 5.82. The van der Waals surface area contributed by atoms with Crippen molar-refractivity contribution in [3.63, 3.8) is 0 Å². The van der Waals surface area contributed by atoms with Crippen LogP contribution in [0.15, 0.2) is 51.4 Å². The summed E-state index contributed by atoms with van der Waals surface area (Å²) in [7, 11) is 0. The Morgan fingerprint density at radius 2 is 1.75 bits per heavy atom. The van der Waals surface area contributed by atoms with Crippen LogP contribution in [0.25, 0.3) is 0 Å². The van der Waals surface area contributed by atoms with E-state index in [1.54, 1.807) is 0 Å². The van der Waals surface area contributed by atoms with Gasteiger partial charge in [-0.25, -0.2) is 0 Å². The lowest BCUT2D eigenvalue weighted by atomic mass is 9.77. The van der Waals surface area contributed by atoms with Gasteiger partial charge in [-0.15, -0.1) is 0 Å².